The van der Waals surface area contributed by atoms with Crippen LogP contribution in [0.2, 0.25) is 0 Å². The summed E-state index contributed by atoms with van der Waals surface area (Å²) in [6.45, 7) is 5.78. The minimum atomic E-state index is -1.06. The topological polar surface area (TPSA) is 62.2 Å². The number of carboxylic acids is 1. The SMILES string of the molecule is CCCC(C)NC(C)(C(=O)O)c1ccncc1. The van der Waals surface area contributed by atoms with E-state index in [-0.39, 0.29) is 6.04 Å². The number of aliphatic carboxylic acids is 1. The molecule has 0 saturated heterocycles. The lowest BCUT2D eigenvalue weighted by atomic mass is 9.91. The summed E-state index contributed by atoms with van der Waals surface area (Å²) in [6, 6.07) is 3.63. The molecule has 4 heteroatoms. The zero-order chi connectivity index (χ0) is 12.9. The van der Waals surface area contributed by atoms with Crippen LogP contribution in [0.25, 0.3) is 0 Å². The third-order valence-corrected chi connectivity index (χ3v) is 2.94. The first-order chi connectivity index (χ1) is 8.00. The van der Waals surface area contributed by atoms with E-state index >= 15 is 0 Å². The summed E-state index contributed by atoms with van der Waals surface area (Å²) in [5.41, 5.74) is -0.333. The van der Waals surface area contributed by atoms with Crippen LogP contribution in [0.1, 0.15) is 39.2 Å². The number of nitrogens with zero attached hydrogens (tertiary/aromatic N) is 1. The smallest absolute Gasteiger partial charge is 0.328 e. The first kappa shape index (κ1) is 13.6. The molecule has 0 fully saturated rings. The molecule has 4 nitrogen and oxygen atoms in total. The van der Waals surface area contributed by atoms with E-state index in [1.807, 2.05) is 6.92 Å². The van der Waals surface area contributed by atoms with Crippen molar-refractivity contribution in [2.45, 2.75) is 45.2 Å². The summed E-state index contributed by atoms with van der Waals surface area (Å²) in [4.78, 5) is 15.4. The monoisotopic (exact) mass is 236 g/mol. The Hall–Kier alpha value is -1.42. The van der Waals surface area contributed by atoms with Crippen LogP contribution in [0.4, 0.5) is 0 Å². The molecular weight excluding hydrogens is 216 g/mol. The Balaban J connectivity index is 2.94. The van der Waals surface area contributed by atoms with Gasteiger partial charge in [-0.3, -0.25) is 10.3 Å². The minimum Gasteiger partial charge on any atom is -0.480 e. The van der Waals surface area contributed by atoms with Gasteiger partial charge in [-0.25, -0.2) is 4.79 Å². The number of hydrogen-bond acceptors (Lipinski definition) is 3. The Kier molecular flexibility index (Phi) is 4.63. The third kappa shape index (κ3) is 3.27. The van der Waals surface area contributed by atoms with Gasteiger partial charge in [0.05, 0.1) is 0 Å². The lowest BCUT2D eigenvalue weighted by Crippen LogP contribution is -2.50. The molecular formula is C13H20N2O2. The van der Waals surface area contributed by atoms with Gasteiger partial charge in [0.25, 0.3) is 0 Å². The maximum absolute atomic E-state index is 11.5. The first-order valence-electron chi connectivity index (χ1n) is 5.92. The number of pyridine rings is 1. The van der Waals surface area contributed by atoms with Gasteiger partial charge in [0, 0.05) is 18.4 Å². The molecule has 2 N–H and O–H groups in total. The Bertz CT molecular complexity index is 367. The Morgan fingerprint density at radius 1 is 1.53 bits per heavy atom. The maximum Gasteiger partial charge on any atom is 0.328 e. The highest BCUT2D eigenvalue weighted by Crippen LogP contribution is 2.21. The van der Waals surface area contributed by atoms with Crippen molar-refractivity contribution in [1.82, 2.24) is 10.3 Å². The van der Waals surface area contributed by atoms with E-state index < -0.39 is 11.5 Å². The molecule has 1 aromatic heterocycles. The molecule has 2 unspecified atom stereocenters. The van der Waals surface area contributed by atoms with Crippen LogP contribution >= 0.6 is 0 Å². The predicted molar refractivity (Wildman–Crippen MR) is 66.7 cm³/mol. The van der Waals surface area contributed by atoms with Gasteiger partial charge in [-0.1, -0.05) is 13.3 Å². The van der Waals surface area contributed by atoms with Gasteiger partial charge in [0.15, 0.2) is 0 Å². The van der Waals surface area contributed by atoms with Gasteiger partial charge < -0.3 is 5.11 Å². The molecule has 0 bridgehead atoms. The van der Waals surface area contributed by atoms with Gasteiger partial charge in [-0.15, -0.1) is 0 Å². The van der Waals surface area contributed by atoms with Gasteiger partial charge in [0.2, 0.25) is 0 Å². The number of nitrogens with one attached hydrogen (secondary N) is 1. The zero-order valence-electron chi connectivity index (χ0n) is 10.6. The molecule has 0 spiro atoms. The molecule has 1 rings (SSSR count). The second-order valence-electron chi connectivity index (χ2n) is 4.50. The Morgan fingerprint density at radius 2 is 2.12 bits per heavy atom. The van der Waals surface area contributed by atoms with Crippen molar-refractivity contribution >= 4 is 5.97 Å². The number of carbonyl (C=O) groups is 1. The van der Waals surface area contributed by atoms with E-state index in [9.17, 15) is 9.90 Å². The van der Waals surface area contributed by atoms with E-state index in [4.69, 9.17) is 0 Å². The zero-order valence-corrected chi connectivity index (χ0v) is 10.6. The van der Waals surface area contributed by atoms with Crippen LogP contribution in [0, 0.1) is 0 Å². The van der Waals surface area contributed by atoms with Crippen molar-refractivity contribution in [3.63, 3.8) is 0 Å². The van der Waals surface area contributed by atoms with Crippen LogP contribution < -0.4 is 5.32 Å². The summed E-state index contributed by atoms with van der Waals surface area (Å²) in [5.74, 6) is -0.869. The third-order valence-electron chi connectivity index (χ3n) is 2.94. The van der Waals surface area contributed by atoms with Crippen molar-refractivity contribution in [3.8, 4) is 0 Å². The largest absolute Gasteiger partial charge is 0.480 e. The van der Waals surface area contributed by atoms with Gasteiger partial charge >= 0.3 is 5.97 Å². The fourth-order valence-electron chi connectivity index (χ4n) is 1.95. The van der Waals surface area contributed by atoms with E-state index in [0.717, 1.165) is 18.4 Å². The standard InChI is InChI=1S/C13H20N2O2/c1-4-5-10(2)15-13(3,12(16)17)11-6-8-14-9-7-11/h6-10,15H,4-5H2,1-3H3,(H,16,17). The second-order valence-corrected chi connectivity index (χ2v) is 4.50. The number of carboxylic acid groups (broad SMARTS) is 1. The molecule has 0 saturated carbocycles. The lowest BCUT2D eigenvalue weighted by Gasteiger charge is -2.30. The quantitative estimate of drug-likeness (QED) is 0.794. The number of aromatic nitrogens is 1. The van der Waals surface area contributed by atoms with Crippen LogP contribution in [0.15, 0.2) is 24.5 Å². The molecule has 0 aliphatic heterocycles. The molecule has 2 atom stereocenters. The molecule has 1 heterocycles. The fourth-order valence-corrected chi connectivity index (χ4v) is 1.95. The van der Waals surface area contributed by atoms with Crippen molar-refractivity contribution in [2.75, 3.05) is 0 Å². The van der Waals surface area contributed by atoms with Crippen molar-refractivity contribution in [3.05, 3.63) is 30.1 Å². The Labute approximate surface area is 102 Å². The summed E-state index contributed by atoms with van der Waals surface area (Å²) in [5, 5.41) is 12.6. The first-order valence-corrected chi connectivity index (χ1v) is 5.92. The van der Waals surface area contributed by atoms with E-state index in [2.05, 4.69) is 17.2 Å². The average molecular weight is 236 g/mol. The second kappa shape index (κ2) is 5.77. The molecule has 1 aromatic rings. The highest BCUT2D eigenvalue weighted by atomic mass is 16.4. The van der Waals surface area contributed by atoms with Gasteiger partial charge in [-0.2, -0.15) is 0 Å². The molecule has 0 aliphatic rings. The van der Waals surface area contributed by atoms with Crippen molar-refractivity contribution < 1.29 is 9.90 Å². The summed E-state index contributed by atoms with van der Waals surface area (Å²) in [7, 11) is 0. The van der Waals surface area contributed by atoms with Crippen molar-refractivity contribution in [1.29, 1.82) is 0 Å². The number of rotatable bonds is 6. The van der Waals surface area contributed by atoms with Gasteiger partial charge in [0.1, 0.15) is 5.54 Å². The predicted octanol–water partition coefficient (Wildman–Crippen LogP) is 2.16. The Morgan fingerprint density at radius 3 is 2.59 bits per heavy atom. The highest BCUT2D eigenvalue weighted by molar-refractivity contribution is 5.80. The maximum atomic E-state index is 11.5. The lowest BCUT2D eigenvalue weighted by molar-refractivity contribution is -0.145. The molecule has 17 heavy (non-hydrogen) atoms. The molecule has 0 amide bonds. The summed E-state index contributed by atoms with van der Waals surface area (Å²) < 4.78 is 0. The van der Waals surface area contributed by atoms with Crippen LogP contribution in [-0.4, -0.2) is 22.1 Å². The van der Waals surface area contributed by atoms with E-state index in [0.29, 0.717) is 0 Å². The van der Waals surface area contributed by atoms with Crippen LogP contribution in [0.3, 0.4) is 0 Å². The molecule has 0 aliphatic carbocycles. The van der Waals surface area contributed by atoms with Crippen LogP contribution in [-0.2, 0) is 10.3 Å². The molecule has 94 valence electrons. The average Bonchev–Trinajstić information content (AvgIpc) is 2.30. The van der Waals surface area contributed by atoms with E-state index in [1.165, 1.54) is 0 Å². The number of hydrogen-bond donors (Lipinski definition) is 2. The minimum absolute atomic E-state index is 0.161. The highest BCUT2D eigenvalue weighted by Gasteiger charge is 2.35. The molecule has 0 radical (unpaired) electrons. The van der Waals surface area contributed by atoms with Gasteiger partial charge in [-0.05, 0) is 38.0 Å². The van der Waals surface area contributed by atoms with Crippen molar-refractivity contribution in [2.24, 2.45) is 0 Å². The fraction of sp³-hybridized carbons (Fsp3) is 0.538. The normalized spacial score (nSPS) is 16.2. The molecule has 0 aromatic carbocycles. The van der Waals surface area contributed by atoms with Crippen LogP contribution in [0.5, 0.6) is 0 Å². The summed E-state index contributed by atoms with van der Waals surface area (Å²) in [6.07, 6.45) is 5.21. The van der Waals surface area contributed by atoms with E-state index in [1.54, 1.807) is 31.5 Å². The summed E-state index contributed by atoms with van der Waals surface area (Å²) >= 11 is 0.